The molecule has 26 heavy (non-hydrogen) atoms. The number of carbonyl (C=O) groups is 2. The summed E-state index contributed by atoms with van der Waals surface area (Å²) in [6.07, 6.45) is -4.76. The molecule has 1 heterocycles. The van der Waals surface area contributed by atoms with Gasteiger partial charge in [0.15, 0.2) is 0 Å². The Labute approximate surface area is 152 Å². The highest BCUT2D eigenvalue weighted by atomic mass is 32.2. The van der Waals surface area contributed by atoms with Crippen LogP contribution in [0.1, 0.15) is 16.8 Å². The molecule has 0 bridgehead atoms. The summed E-state index contributed by atoms with van der Waals surface area (Å²) < 4.78 is 47.3. The third kappa shape index (κ3) is 5.97. The zero-order valence-corrected chi connectivity index (χ0v) is 14.7. The van der Waals surface area contributed by atoms with Gasteiger partial charge in [0.25, 0.3) is 0 Å². The van der Waals surface area contributed by atoms with Crippen LogP contribution in [-0.2, 0) is 19.1 Å². The number of rotatable bonds is 7. The largest absolute Gasteiger partial charge is 0.492 e. The maximum atomic E-state index is 12.5. The van der Waals surface area contributed by atoms with E-state index in [1.807, 2.05) is 0 Å². The quantitative estimate of drug-likeness (QED) is 0.521. The first kappa shape index (κ1) is 20.7. The van der Waals surface area contributed by atoms with E-state index >= 15 is 0 Å². The lowest BCUT2D eigenvalue weighted by molar-refractivity contribution is -0.244. The number of carbonyl (C=O) groups excluding carboxylic acids is 2. The summed E-state index contributed by atoms with van der Waals surface area (Å²) in [5.74, 6) is -2.30. The van der Waals surface area contributed by atoms with Crippen LogP contribution in [0.15, 0.2) is 30.3 Å². The number of thioether (sulfide) groups is 1. The van der Waals surface area contributed by atoms with Crippen LogP contribution in [0.25, 0.3) is 0 Å². The van der Waals surface area contributed by atoms with E-state index in [2.05, 4.69) is 4.84 Å². The molecule has 0 unspecified atom stereocenters. The van der Waals surface area contributed by atoms with Gasteiger partial charge < -0.3 is 14.3 Å². The number of methoxy groups -OCH3 is 1. The van der Waals surface area contributed by atoms with Crippen LogP contribution in [0, 0.1) is 0 Å². The van der Waals surface area contributed by atoms with E-state index in [1.54, 1.807) is 30.3 Å². The van der Waals surface area contributed by atoms with Crippen molar-refractivity contribution >= 4 is 22.8 Å². The van der Waals surface area contributed by atoms with E-state index in [0.29, 0.717) is 12.0 Å². The topological polar surface area (TPSA) is 65.1 Å². The predicted octanol–water partition coefficient (Wildman–Crippen LogP) is 2.64. The van der Waals surface area contributed by atoms with Crippen molar-refractivity contribution in [1.82, 2.24) is 5.06 Å². The molecule has 6 nitrogen and oxygen atoms in total. The maximum absolute atomic E-state index is 12.5. The van der Waals surface area contributed by atoms with Crippen LogP contribution >= 0.6 is 11.8 Å². The molecule has 0 aliphatic carbocycles. The molecule has 0 radical (unpaired) electrons. The van der Waals surface area contributed by atoms with E-state index < -0.39 is 18.2 Å². The number of ether oxygens (including phenoxy) is 2. The van der Waals surface area contributed by atoms with Gasteiger partial charge in [0.2, 0.25) is 5.12 Å². The molecule has 0 N–H and O–H groups in total. The van der Waals surface area contributed by atoms with Crippen molar-refractivity contribution < 1.29 is 37.1 Å². The summed E-state index contributed by atoms with van der Waals surface area (Å²) in [6, 6.07) is 7.94. The van der Waals surface area contributed by atoms with Crippen LogP contribution < -0.4 is 0 Å². The van der Waals surface area contributed by atoms with E-state index in [-0.39, 0.29) is 30.3 Å². The zero-order chi connectivity index (χ0) is 19.2. The molecule has 0 spiro atoms. The molecule has 0 saturated carbocycles. The van der Waals surface area contributed by atoms with Crippen molar-refractivity contribution in [3.8, 4) is 0 Å². The second kappa shape index (κ2) is 9.36. The highest BCUT2D eigenvalue weighted by molar-refractivity contribution is 8.14. The van der Waals surface area contributed by atoms with Crippen LogP contribution in [0.3, 0.4) is 0 Å². The second-order valence-corrected chi connectivity index (χ2v) is 6.81. The Morgan fingerprint density at radius 3 is 2.58 bits per heavy atom. The number of nitrogens with zero attached hydrogens (tertiary/aromatic N) is 1. The third-order valence-corrected chi connectivity index (χ3v) is 4.68. The Hall–Kier alpha value is -1.62. The molecule has 2 rings (SSSR count). The van der Waals surface area contributed by atoms with Crippen LogP contribution in [0.4, 0.5) is 13.2 Å². The molecule has 2 atom stereocenters. The highest BCUT2D eigenvalue weighted by Crippen LogP contribution is 2.31. The number of hydroxylamine groups is 2. The lowest BCUT2D eigenvalue weighted by Crippen LogP contribution is -2.39. The molecule has 1 saturated heterocycles. The highest BCUT2D eigenvalue weighted by Gasteiger charge is 2.45. The first-order valence-corrected chi connectivity index (χ1v) is 8.57. The fourth-order valence-corrected chi connectivity index (χ4v) is 3.53. The Balaban J connectivity index is 1.99. The molecule has 1 aliphatic heterocycles. The third-order valence-electron chi connectivity index (χ3n) is 3.55. The summed E-state index contributed by atoms with van der Waals surface area (Å²) in [6.45, 7) is -0.0417. The van der Waals surface area contributed by atoms with Gasteiger partial charge in [-0.05, 0) is 6.42 Å². The van der Waals surface area contributed by atoms with Gasteiger partial charge >= 0.3 is 12.1 Å². The van der Waals surface area contributed by atoms with Crippen molar-refractivity contribution in [3.63, 3.8) is 0 Å². The van der Waals surface area contributed by atoms with Crippen molar-refractivity contribution in [2.24, 2.45) is 0 Å². The average molecular weight is 393 g/mol. The normalized spacial score (nSPS) is 20.9. The maximum Gasteiger partial charge on any atom is 0.492 e. The summed E-state index contributed by atoms with van der Waals surface area (Å²) in [5, 5.41) is 0.401. The van der Waals surface area contributed by atoms with E-state index in [1.165, 1.54) is 7.11 Å². The zero-order valence-electron chi connectivity index (χ0n) is 13.9. The number of alkyl halides is 3. The second-order valence-electron chi connectivity index (χ2n) is 5.54. The Bertz CT molecular complexity index is 614. The SMILES string of the molecule is COCOC[C@@H]1C[C@H](SC(=O)c2ccccc2)CN1OC(=O)C(F)(F)F. The van der Waals surface area contributed by atoms with E-state index in [0.717, 1.165) is 16.8 Å². The smallest absolute Gasteiger partial charge is 0.360 e. The van der Waals surface area contributed by atoms with Gasteiger partial charge in [-0.25, -0.2) is 4.79 Å². The molecular weight excluding hydrogens is 375 g/mol. The van der Waals surface area contributed by atoms with Crippen molar-refractivity contribution in [2.75, 3.05) is 27.1 Å². The van der Waals surface area contributed by atoms with Gasteiger partial charge in [0, 0.05) is 24.5 Å². The number of halogens is 3. The van der Waals surface area contributed by atoms with Crippen LogP contribution in [0.2, 0.25) is 0 Å². The first-order valence-electron chi connectivity index (χ1n) is 7.69. The Kier molecular flexibility index (Phi) is 7.44. The van der Waals surface area contributed by atoms with E-state index in [4.69, 9.17) is 9.47 Å². The van der Waals surface area contributed by atoms with Gasteiger partial charge in [0.05, 0.1) is 12.6 Å². The molecule has 144 valence electrons. The summed E-state index contributed by atoms with van der Waals surface area (Å²) in [7, 11) is 1.41. The molecule has 1 aliphatic rings. The average Bonchev–Trinajstić information content (AvgIpc) is 2.96. The van der Waals surface area contributed by atoms with Crippen molar-refractivity contribution in [2.45, 2.75) is 23.9 Å². The minimum absolute atomic E-state index is 0.00787. The molecule has 0 amide bonds. The first-order chi connectivity index (χ1) is 12.3. The molecular formula is C16H18F3NO5S. The fraction of sp³-hybridized carbons (Fsp3) is 0.500. The van der Waals surface area contributed by atoms with Crippen LogP contribution in [-0.4, -0.2) is 60.7 Å². The Morgan fingerprint density at radius 1 is 1.27 bits per heavy atom. The predicted molar refractivity (Wildman–Crippen MR) is 87.2 cm³/mol. The number of benzene rings is 1. The molecule has 0 aromatic heterocycles. The lowest BCUT2D eigenvalue weighted by Gasteiger charge is -2.23. The fourth-order valence-electron chi connectivity index (χ4n) is 2.41. The molecule has 10 heteroatoms. The monoisotopic (exact) mass is 393 g/mol. The van der Waals surface area contributed by atoms with Gasteiger partial charge in [-0.2, -0.15) is 13.2 Å². The summed E-state index contributed by atoms with van der Waals surface area (Å²) in [4.78, 5) is 27.8. The van der Waals surface area contributed by atoms with Gasteiger partial charge in [-0.3, -0.25) is 4.79 Å². The summed E-state index contributed by atoms with van der Waals surface area (Å²) in [5.41, 5.74) is 0.496. The number of hydrogen-bond acceptors (Lipinski definition) is 7. The minimum atomic E-state index is -5.09. The standard InChI is InChI=1S/C16H18F3NO5S/c1-23-10-24-9-12-7-13(8-20(12)25-15(22)16(17,18)19)26-14(21)11-5-3-2-4-6-11/h2-6,12-13H,7-10H2,1H3/t12-,13-/m0/s1. The van der Waals surface area contributed by atoms with Crippen molar-refractivity contribution in [1.29, 1.82) is 0 Å². The van der Waals surface area contributed by atoms with Crippen molar-refractivity contribution in [3.05, 3.63) is 35.9 Å². The van der Waals surface area contributed by atoms with E-state index in [9.17, 15) is 22.8 Å². The summed E-state index contributed by atoms with van der Waals surface area (Å²) >= 11 is 1.00. The number of hydrogen-bond donors (Lipinski definition) is 0. The molecule has 1 aromatic carbocycles. The minimum Gasteiger partial charge on any atom is -0.360 e. The van der Waals surface area contributed by atoms with Gasteiger partial charge in [-0.1, -0.05) is 42.1 Å². The van der Waals surface area contributed by atoms with Crippen LogP contribution in [0.5, 0.6) is 0 Å². The lowest BCUT2D eigenvalue weighted by atomic mass is 10.2. The molecule has 1 fully saturated rings. The van der Waals surface area contributed by atoms with Gasteiger partial charge in [0.1, 0.15) is 6.79 Å². The molecule has 1 aromatic rings. The van der Waals surface area contributed by atoms with Gasteiger partial charge in [-0.15, -0.1) is 5.06 Å². The Morgan fingerprint density at radius 2 is 1.96 bits per heavy atom.